The van der Waals surface area contributed by atoms with Crippen LogP contribution >= 0.6 is 11.6 Å². The van der Waals surface area contributed by atoms with Crippen LogP contribution in [0.15, 0.2) is 18.2 Å². The fraction of sp³-hybridized carbons (Fsp3) is 0.650. The molecule has 1 amide bonds. The molecule has 1 aliphatic rings. The molecule has 1 aromatic rings. The number of carbonyl (C=O) groups is 1. The molecule has 2 N–H and O–H groups in total. The Morgan fingerprint density at radius 3 is 2.58 bits per heavy atom. The number of rotatable bonds is 6. The molecule has 5 nitrogen and oxygen atoms in total. The number of nitrogens with zero attached hydrogens (tertiary/aromatic N) is 1. The molecule has 1 atom stereocenters. The van der Waals surface area contributed by atoms with Gasteiger partial charge in [0, 0.05) is 31.7 Å². The van der Waals surface area contributed by atoms with Gasteiger partial charge in [0.1, 0.15) is 11.9 Å². The van der Waals surface area contributed by atoms with Gasteiger partial charge in [-0.15, -0.1) is 0 Å². The first-order valence-electron chi connectivity index (χ1n) is 9.29. The molecule has 0 radical (unpaired) electrons. The summed E-state index contributed by atoms with van der Waals surface area (Å²) in [6.45, 7) is 11.8. The number of ether oxygens (including phenoxy) is 1. The van der Waals surface area contributed by atoms with Gasteiger partial charge in [0.25, 0.3) is 5.91 Å². The second-order valence-corrected chi connectivity index (χ2v) is 8.77. The van der Waals surface area contributed by atoms with Crippen LogP contribution in [0.1, 0.15) is 50.9 Å². The average molecular weight is 383 g/mol. The number of halogens is 1. The Kier molecular flexibility index (Phi) is 7.33. The van der Waals surface area contributed by atoms with Crippen LogP contribution in [0.3, 0.4) is 0 Å². The highest BCUT2D eigenvalue weighted by Crippen LogP contribution is 2.29. The Bertz CT molecular complexity index is 606. The summed E-state index contributed by atoms with van der Waals surface area (Å²) in [5.41, 5.74) is 0.768. The quantitative estimate of drug-likeness (QED) is 0.792. The van der Waals surface area contributed by atoms with Crippen LogP contribution in [0.25, 0.3) is 0 Å². The number of piperidine rings is 1. The maximum atomic E-state index is 12.0. The molecule has 0 unspecified atom stereocenters. The van der Waals surface area contributed by atoms with Crippen molar-refractivity contribution in [3.05, 3.63) is 28.8 Å². The first-order chi connectivity index (χ1) is 12.1. The van der Waals surface area contributed by atoms with Crippen LogP contribution in [-0.2, 0) is 0 Å². The van der Waals surface area contributed by atoms with Gasteiger partial charge in [-0.05, 0) is 43.4 Å². The predicted molar refractivity (Wildman–Crippen MR) is 105 cm³/mol. The van der Waals surface area contributed by atoms with E-state index in [1.807, 2.05) is 0 Å². The summed E-state index contributed by atoms with van der Waals surface area (Å²) in [5.74, 6) is 0.364. The third-order valence-electron chi connectivity index (χ3n) is 4.28. The van der Waals surface area contributed by atoms with E-state index in [0.29, 0.717) is 21.8 Å². The molecule has 146 valence electrons. The zero-order valence-electron chi connectivity index (χ0n) is 16.2. The van der Waals surface area contributed by atoms with Gasteiger partial charge in [-0.3, -0.25) is 4.79 Å². The molecule has 0 saturated carbocycles. The van der Waals surface area contributed by atoms with E-state index >= 15 is 0 Å². The summed E-state index contributed by atoms with van der Waals surface area (Å²) in [4.78, 5) is 14.5. The third kappa shape index (κ3) is 6.78. The van der Waals surface area contributed by atoms with Crippen molar-refractivity contribution in [1.82, 2.24) is 10.2 Å². The number of carbonyl (C=O) groups excluding carboxylic acids is 1. The summed E-state index contributed by atoms with van der Waals surface area (Å²) in [6, 6.07) is 5.07. The van der Waals surface area contributed by atoms with Crippen molar-refractivity contribution in [2.75, 3.05) is 26.2 Å². The molecule has 0 aliphatic carbocycles. The summed E-state index contributed by atoms with van der Waals surface area (Å²) in [7, 11) is 0. The Hall–Kier alpha value is -1.30. The zero-order chi connectivity index (χ0) is 19.3. The highest BCUT2D eigenvalue weighted by Gasteiger charge is 2.24. The molecule has 1 fully saturated rings. The van der Waals surface area contributed by atoms with Gasteiger partial charge >= 0.3 is 0 Å². The Morgan fingerprint density at radius 2 is 2.04 bits per heavy atom. The fourth-order valence-electron chi connectivity index (χ4n) is 3.12. The van der Waals surface area contributed by atoms with Gasteiger partial charge in [0.15, 0.2) is 0 Å². The molecule has 6 heteroatoms. The standard InChI is InChI=1S/C20H31ClN2O3/c1-14(24)12-22-19(25)15-5-6-18(17(21)11-15)26-16-7-9-23(10-8-16)13-20(2,3)4/h5-6,11,14,16,24H,7-10,12-13H2,1-4H3,(H,22,25)/t14-/m1/s1. The SMILES string of the molecule is C[C@@H](O)CNC(=O)c1ccc(OC2CCN(CC(C)(C)C)CC2)c(Cl)c1. The first kappa shape index (κ1) is 21.0. The Labute approximate surface area is 161 Å². The number of amides is 1. The monoisotopic (exact) mass is 382 g/mol. The minimum absolute atomic E-state index is 0.152. The molecule has 1 aromatic carbocycles. The smallest absolute Gasteiger partial charge is 0.251 e. The van der Waals surface area contributed by atoms with Crippen molar-refractivity contribution in [2.24, 2.45) is 5.41 Å². The second-order valence-electron chi connectivity index (χ2n) is 8.36. The molecule has 2 rings (SSSR count). The molecule has 26 heavy (non-hydrogen) atoms. The van der Waals surface area contributed by atoms with E-state index in [9.17, 15) is 9.90 Å². The van der Waals surface area contributed by atoms with Crippen molar-refractivity contribution in [1.29, 1.82) is 0 Å². The Balaban J connectivity index is 1.88. The van der Waals surface area contributed by atoms with Gasteiger partial charge in [0.05, 0.1) is 11.1 Å². The molecular weight excluding hydrogens is 352 g/mol. The highest BCUT2D eigenvalue weighted by molar-refractivity contribution is 6.32. The van der Waals surface area contributed by atoms with Gasteiger partial charge < -0.3 is 20.1 Å². The number of likely N-dealkylation sites (tertiary alicyclic amines) is 1. The summed E-state index contributed by atoms with van der Waals surface area (Å²) in [5, 5.41) is 12.3. The van der Waals surface area contributed by atoms with E-state index in [0.717, 1.165) is 32.5 Å². The summed E-state index contributed by atoms with van der Waals surface area (Å²) in [6.07, 6.45) is 1.52. The highest BCUT2D eigenvalue weighted by atomic mass is 35.5. The topological polar surface area (TPSA) is 61.8 Å². The second kappa shape index (κ2) is 9.07. The van der Waals surface area contributed by atoms with E-state index in [-0.39, 0.29) is 18.6 Å². The molecule has 1 aliphatic heterocycles. The van der Waals surface area contributed by atoms with Crippen LogP contribution in [-0.4, -0.2) is 54.3 Å². The molecule has 0 bridgehead atoms. The lowest BCUT2D eigenvalue weighted by Gasteiger charge is -2.36. The molecule has 1 saturated heterocycles. The van der Waals surface area contributed by atoms with Crippen molar-refractivity contribution < 1.29 is 14.6 Å². The van der Waals surface area contributed by atoms with Gasteiger partial charge in [-0.2, -0.15) is 0 Å². The van der Waals surface area contributed by atoms with Crippen molar-refractivity contribution in [3.63, 3.8) is 0 Å². The number of hydrogen-bond acceptors (Lipinski definition) is 4. The lowest BCUT2D eigenvalue weighted by atomic mass is 9.94. The largest absolute Gasteiger partial charge is 0.489 e. The lowest BCUT2D eigenvalue weighted by molar-refractivity contribution is 0.0811. The van der Waals surface area contributed by atoms with E-state index in [4.69, 9.17) is 16.3 Å². The van der Waals surface area contributed by atoms with Crippen LogP contribution in [0.4, 0.5) is 0 Å². The number of nitrogens with one attached hydrogen (secondary N) is 1. The molecule has 0 aromatic heterocycles. The van der Waals surface area contributed by atoms with E-state index in [2.05, 4.69) is 31.0 Å². The minimum atomic E-state index is -0.582. The molecule has 0 spiro atoms. The number of benzene rings is 1. The van der Waals surface area contributed by atoms with Gasteiger partial charge in [0.2, 0.25) is 0 Å². The predicted octanol–water partition coefficient (Wildman–Crippen LogP) is 3.34. The van der Waals surface area contributed by atoms with Crippen LogP contribution in [0.2, 0.25) is 5.02 Å². The maximum Gasteiger partial charge on any atom is 0.251 e. The number of aliphatic hydroxyl groups excluding tert-OH is 1. The number of aliphatic hydroxyl groups is 1. The minimum Gasteiger partial charge on any atom is -0.489 e. The van der Waals surface area contributed by atoms with Crippen LogP contribution < -0.4 is 10.1 Å². The van der Waals surface area contributed by atoms with E-state index in [1.165, 1.54) is 0 Å². The van der Waals surface area contributed by atoms with Gasteiger partial charge in [-0.25, -0.2) is 0 Å². The lowest BCUT2D eigenvalue weighted by Crippen LogP contribution is -2.42. The maximum absolute atomic E-state index is 12.0. The normalized spacial score (nSPS) is 17.8. The summed E-state index contributed by atoms with van der Waals surface area (Å²) < 4.78 is 6.07. The Morgan fingerprint density at radius 1 is 1.38 bits per heavy atom. The number of hydrogen-bond donors (Lipinski definition) is 2. The first-order valence-corrected chi connectivity index (χ1v) is 9.67. The van der Waals surface area contributed by atoms with Crippen molar-refractivity contribution in [3.8, 4) is 5.75 Å². The van der Waals surface area contributed by atoms with Crippen LogP contribution in [0, 0.1) is 5.41 Å². The van der Waals surface area contributed by atoms with E-state index in [1.54, 1.807) is 25.1 Å². The zero-order valence-corrected chi connectivity index (χ0v) is 17.0. The van der Waals surface area contributed by atoms with Crippen LogP contribution in [0.5, 0.6) is 5.75 Å². The van der Waals surface area contributed by atoms with Crippen molar-refractivity contribution in [2.45, 2.75) is 52.7 Å². The van der Waals surface area contributed by atoms with Crippen molar-refractivity contribution >= 4 is 17.5 Å². The molecular formula is C20H31ClN2O3. The van der Waals surface area contributed by atoms with Gasteiger partial charge in [-0.1, -0.05) is 32.4 Å². The third-order valence-corrected chi connectivity index (χ3v) is 4.57. The molecule has 1 heterocycles. The fourth-order valence-corrected chi connectivity index (χ4v) is 3.34. The summed E-state index contributed by atoms with van der Waals surface area (Å²) >= 11 is 6.31. The van der Waals surface area contributed by atoms with E-state index < -0.39 is 6.10 Å². The average Bonchev–Trinajstić information content (AvgIpc) is 2.54.